The molecule has 0 aliphatic heterocycles. The molecular weight excluding hydrogens is 274 g/mol. The smallest absolute Gasteiger partial charge is 0.262 e. The Bertz CT molecular complexity index is 611. The van der Waals surface area contributed by atoms with E-state index in [1.807, 2.05) is 44.2 Å². The molecule has 0 saturated carbocycles. The van der Waals surface area contributed by atoms with Crippen molar-refractivity contribution >= 4 is 23.2 Å². The Morgan fingerprint density at radius 2 is 1.80 bits per heavy atom. The zero-order valence-electron chi connectivity index (χ0n) is 11.4. The third-order valence-corrected chi connectivity index (χ3v) is 3.19. The molecule has 0 heterocycles. The first kappa shape index (κ1) is 14.4. The predicted octanol–water partition coefficient (Wildman–Crippen LogP) is 4.10. The molecule has 0 aliphatic rings. The number of phenolic OH excluding ortho intramolecular Hbond substituents is 1. The number of hydrogen-bond acceptors (Lipinski definition) is 2. The second-order valence-corrected chi connectivity index (χ2v) is 5.20. The van der Waals surface area contributed by atoms with Gasteiger partial charge in [-0.3, -0.25) is 4.79 Å². The van der Waals surface area contributed by atoms with Crippen molar-refractivity contribution in [1.82, 2.24) is 0 Å². The van der Waals surface area contributed by atoms with Crippen LogP contribution in [0.5, 0.6) is 5.75 Å². The van der Waals surface area contributed by atoms with Crippen LogP contribution in [0.3, 0.4) is 0 Å². The summed E-state index contributed by atoms with van der Waals surface area (Å²) in [4.78, 5) is 14.3. The van der Waals surface area contributed by atoms with Crippen LogP contribution < -0.4 is 4.90 Å². The first-order chi connectivity index (χ1) is 9.50. The highest BCUT2D eigenvalue weighted by Gasteiger charge is 2.22. The van der Waals surface area contributed by atoms with Crippen LogP contribution in [0.1, 0.15) is 24.2 Å². The van der Waals surface area contributed by atoms with E-state index in [0.29, 0.717) is 5.02 Å². The minimum atomic E-state index is -0.250. The summed E-state index contributed by atoms with van der Waals surface area (Å²) >= 11 is 5.80. The maximum Gasteiger partial charge on any atom is 0.262 e. The number of anilines is 1. The molecule has 0 spiro atoms. The molecular formula is C16H16ClNO2. The van der Waals surface area contributed by atoms with Gasteiger partial charge in [0.25, 0.3) is 5.91 Å². The van der Waals surface area contributed by atoms with Gasteiger partial charge in [-0.2, -0.15) is 0 Å². The molecule has 0 aliphatic carbocycles. The van der Waals surface area contributed by atoms with E-state index < -0.39 is 0 Å². The van der Waals surface area contributed by atoms with Crippen LogP contribution in [0.4, 0.5) is 5.69 Å². The molecule has 0 radical (unpaired) electrons. The fourth-order valence-electron chi connectivity index (χ4n) is 2.05. The highest BCUT2D eigenvalue weighted by molar-refractivity contribution is 6.31. The Hall–Kier alpha value is -2.00. The lowest BCUT2D eigenvalue weighted by atomic mass is 10.1. The maximum absolute atomic E-state index is 12.6. The zero-order valence-corrected chi connectivity index (χ0v) is 12.1. The molecule has 0 bridgehead atoms. The van der Waals surface area contributed by atoms with Crippen molar-refractivity contribution in [2.75, 3.05) is 4.90 Å². The second kappa shape index (κ2) is 5.97. The lowest BCUT2D eigenvalue weighted by molar-refractivity contribution is 0.0977. The molecule has 0 unspecified atom stereocenters. The summed E-state index contributed by atoms with van der Waals surface area (Å²) in [6, 6.07) is 13.9. The number of benzene rings is 2. The first-order valence-electron chi connectivity index (χ1n) is 6.38. The van der Waals surface area contributed by atoms with Gasteiger partial charge in [0, 0.05) is 16.8 Å². The summed E-state index contributed by atoms with van der Waals surface area (Å²) in [5.41, 5.74) is 1.04. The zero-order chi connectivity index (χ0) is 14.7. The van der Waals surface area contributed by atoms with Gasteiger partial charge in [-0.05, 0) is 44.2 Å². The third-order valence-electron chi connectivity index (χ3n) is 2.96. The molecule has 2 aromatic rings. The summed E-state index contributed by atoms with van der Waals surface area (Å²) in [6.45, 7) is 3.86. The van der Waals surface area contributed by atoms with Crippen LogP contribution in [0.2, 0.25) is 5.02 Å². The van der Waals surface area contributed by atoms with Crippen molar-refractivity contribution in [1.29, 1.82) is 0 Å². The summed E-state index contributed by atoms with van der Waals surface area (Å²) in [7, 11) is 0. The van der Waals surface area contributed by atoms with Gasteiger partial charge in [0.05, 0.1) is 5.56 Å². The normalized spacial score (nSPS) is 10.6. The minimum absolute atomic E-state index is 0.0278. The number of para-hydroxylation sites is 1. The van der Waals surface area contributed by atoms with Crippen LogP contribution >= 0.6 is 11.6 Å². The SMILES string of the molecule is CC(C)N(C(=O)c1ccc(Cl)cc1O)c1ccccc1. The lowest BCUT2D eigenvalue weighted by Crippen LogP contribution is -2.37. The van der Waals surface area contributed by atoms with Gasteiger partial charge in [0.2, 0.25) is 0 Å². The number of carbonyl (C=O) groups is 1. The minimum Gasteiger partial charge on any atom is -0.507 e. The molecule has 20 heavy (non-hydrogen) atoms. The number of carbonyl (C=O) groups excluding carboxylic acids is 1. The van der Waals surface area contributed by atoms with Gasteiger partial charge >= 0.3 is 0 Å². The fourth-order valence-corrected chi connectivity index (χ4v) is 2.22. The molecule has 2 rings (SSSR count). The fraction of sp³-hybridized carbons (Fsp3) is 0.188. The number of phenols is 1. The van der Waals surface area contributed by atoms with Crippen molar-refractivity contribution < 1.29 is 9.90 Å². The Kier molecular flexibility index (Phi) is 4.30. The highest BCUT2D eigenvalue weighted by atomic mass is 35.5. The van der Waals surface area contributed by atoms with E-state index in [1.165, 1.54) is 6.07 Å². The number of hydrogen-bond donors (Lipinski definition) is 1. The summed E-state index contributed by atoms with van der Waals surface area (Å²) in [5.74, 6) is -0.357. The largest absolute Gasteiger partial charge is 0.507 e. The van der Waals surface area contributed by atoms with E-state index in [0.717, 1.165) is 5.69 Å². The van der Waals surface area contributed by atoms with Crippen LogP contribution in [-0.4, -0.2) is 17.1 Å². The van der Waals surface area contributed by atoms with Crippen LogP contribution in [-0.2, 0) is 0 Å². The number of aromatic hydroxyl groups is 1. The van der Waals surface area contributed by atoms with E-state index >= 15 is 0 Å². The molecule has 0 fully saturated rings. The van der Waals surface area contributed by atoms with Crippen molar-refractivity contribution in [2.45, 2.75) is 19.9 Å². The van der Waals surface area contributed by atoms with E-state index in [-0.39, 0.29) is 23.3 Å². The Balaban J connectivity index is 2.42. The highest BCUT2D eigenvalue weighted by Crippen LogP contribution is 2.26. The van der Waals surface area contributed by atoms with Crippen LogP contribution in [0, 0.1) is 0 Å². The van der Waals surface area contributed by atoms with Gasteiger partial charge < -0.3 is 10.0 Å². The van der Waals surface area contributed by atoms with E-state index in [2.05, 4.69) is 0 Å². The number of halogens is 1. The van der Waals surface area contributed by atoms with Gasteiger partial charge in [0.15, 0.2) is 0 Å². The van der Waals surface area contributed by atoms with Crippen LogP contribution in [0.25, 0.3) is 0 Å². The van der Waals surface area contributed by atoms with Gasteiger partial charge in [-0.1, -0.05) is 29.8 Å². The second-order valence-electron chi connectivity index (χ2n) is 4.77. The Morgan fingerprint density at radius 1 is 1.15 bits per heavy atom. The van der Waals surface area contributed by atoms with Crippen molar-refractivity contribution in [2.24, 2.45) is 0 Å². The number of nitrogens with zero attached hydrogens (tertiary/aromatic N) is 1. The van der Waals surface area contributed by atoms with Crippen molar-refractivity contribution in [3.63, 3.8) is 0 Å². The Morgan fingerprint density at radius 3 is 2.35 bits per heavy atom. The third kappa shape index (κ3) is 2.94. The van der Waals surface area contributed by atoms with Crippen LogP contribution in [0.15, 0.2) is 48.5 Å². The van der Waals surface area contributed by atoms with E-state index in [4.69, 9.17) is 11.6 Å². The van der Waals surface area contributed by atoms with E-state index in [1.54, 1.807) is 17.0 Å². The van der Waals surface area contributed by atoms with Crippen molar-refractivity contribution in [3.05, 3.63) is 59.1 Å². The lowest BCUT2D eigenvalue weighted by Gasteiger charge is -2.27. The number of amides is 1. The van der Waals surface area contributed by atoms with Gasteiger partial charge in [0.1, 0.15) is 5.75 Å². The Labute approximate surface area is 123 Å². The van der Waals surface area contributed by atoms with Crippen molar-refractivity contribution in [3.8, 4) is 5.75 Å². The number of rotatable bonds is 3. The van der Waals surface area contributed by atoms with Gasteiger partial charge in [-0.15, -0.1) is 0 Å². The topological polar surface area (TPSA) is 40.5 Å². The van der Waals surface area contributed by atoms with Gasteiger partial charge in [-0.25, -0.2) is 0 Å². The first-order valence-corrected chi connectivity index (χ1v) is 6.75. The molecule has 0 atom stereocenters. The molecule has 0 saturated heterocycles. The predicted molar refractivity (Wildman–Crippen MR) is 81.5 cm³/mol. The van der Waals surface area contributed by atoms with E-state index in [9.17, 15) is 9.90 Å². The average Bonchev–Trinajstić information content (AvgIpc) is 2.39. The average molecular weight is 290 g/mol. The molecule has 1 amide bonds. The molecule has 2 aromatic carbocycles. The quantitative estimate of drug-likeness (QED) is 0.924. The molecule has 3 nitrogen and oxygen atoms in total. The molecule has 4 heteroatoms. The molecule has 1 N–H and O–H groups in total. The molecule has 0 aromatic heterocycles. The standard InChI is InChI=1S/C16H16ClNO2/c1-11(2)18(13-6-4-3-5-7-13)16(20)14-9-8-12(17)10-15(14)19/h3-11,19H,1-2H3. The summed E-state index contributed by atoms with van der Waals surface area (Å²) < 4.78 is 0. The molecule has 104 valence electrons. The maximum atomic E-state index is 12.6. The monoisotopic (exact) mass is 289 g/mol. The summed E-state index contributed by atoms with van der Waals surface area (Å²) in [6.07, 6.45) is 0. The summed E-state index contributed by atoms with van der Waals surface area (Å²) in [5, 5.41) is 10.3.